The molecular formula is C15H13BrN2O2. The zero-order chi connectivity index (χ0) is 14.2. The first-order valence-corrected chi connectivity index (χ1v) is 6.93. The summed E-state index contributed by atoms with van der Waals surface area (Å²) >= 11 is 3.34. The molecule has 0 aliphatic carbocycles. The molecule has 1 aromatic heterocycles. The first-order valence-electron chi connectivity index (χ1n) is 6.14. The molecule has 0 bridgehead atoms. The Balaban J connectivity index is 1.67. The molecule has 0 spiro atoms. The third-order valence-electron chi connectivity index (χ3n) is 2.49. The molecule has 102 valence electrons. The van der Waals surface area contributed by atoms with E-state index < -0.39 is 0 Å². The van der Waals surface area contributed by atoms with E-state index >= 15 is 0 Å². The summed E-state index contributed by atoms with van der Waals surface area (Å²) in [4.78, 5) is 4.02. The molecule has 1 heterocycles. The number of hydrogen-bond acceptors (Lipinski definition) is 4. The van der Waals surface area contributed by atoms with E-state index in [2.05, 4.69) is 27.0 Å². The van der Waals surface area contributed by atoms with Crippen LogP contribution in [-0.2, 0) is 0 Å². The zero-order valence-electron chi connectivity index (χ0n) is 10.8. The third kappa shape index (κ3) is 4.56. The van der Waals surface area contributed by atoms with Crippen LogP contribution in [0.15, 0.2) is 47.2 Å². The van der Waals surface area contributed by atoms with Crippen molar-refractivity contribution in [1.29, 1.82) is 5.26 Å². The van der Waals surface area contributed by atoms with Gasteiger partial charge in [-0.15, -0.1) is 0 Å². The summed E-state index contributed by atoms with van der Waals surface area (Å²) in [7, 11) is 0. The molecule has 4 nitrogen and oxygen atoms in total. The molecule has 2 rings (SSSR count). The van der Waals surface area contributed by atoms with E-state index in [4.69, 9.17) is 14.7 Å². The van der Waals surface area contributed by atoms with Crippen LogP contribution in [0, 0.1) is 11.3 Å². The van der Waals surface area contributed by atoms with E-state index in [1.807, 2.05) is 6.07 Å². The lowest BCUT2D eigenvalue weighted by Gasteiger charge is -2.08. The number of ether oxygens (including phenoxy) is 2. The van der Waals surface area contributed by atoms with Crippen LogP contribution >= 0.6 is 15.9 Å². The first kappa shape index (κ1) is 14.4. The lowest BCUT2D eigenvalue weighted by Crippen LogP contribution is -2.05. The van der Waals surface area contributed by atoms with Crippen LogP contribution in [0.4, 0.5) is 0 Å². The second-order valence-electron chi connectivity index (χ2n) is 4.03. The molecule has 0 saturated carbocycles. The van der Waals surface area contributed by atoms with Crippen molar-refractivity contribution in [2.75, 3.05) is 13.2 Å². The molecule has 5 heteroatoms. The van der Waals surface area contributed by atoms with E-state index in [1.54, 1.807) is 36.7 Å². The van der Waals surface area contributed by atoms with Gasteiger partial charge in [0.15, 0.2) is 0 Å². The van der Waals surface area contributed by atoms with Gasteiger partial charge in [-0.2, -0.15) is 5.26 Å². The van der Waals surface area contributed by atoms with Crippen molar-refractivity contribution in [2.24, 2.45) is 0 Å². The Hall–Kier alpha value is -2.06. The monoisotopic (exact) mass is 332 g/mol. The maximum atomic E-state index is 8.69. The van der Waals surface area contributed by atoms with Crippen LogP contribution in [0.3, 0.4) is 0 Å². The molecule has 0 radical (unpaired) electrons. The topological polar surface area (TPSA) is 55.1 Å². The Morgan fingerprint density at radius 2 is 1.75 bits per heavy atom. The summed E-state index contributed by atoms with van der Waals surface area (Å²) in [6, 6.07) is 11.0. The molecule has 0 unspecified atom stereocenters. The molecule has 0 atom stereocenters. The Bertz CT molecular complexity index is 594. The Kier molecular flexibility index (Phi) is 5.39. The van der Waals surface area contributed by atoms with Gasteiger partial charge in [-0.25, -0.2) is 0 Å². The molecule has 2 aromatic rings. The highest BCUT2D eigenvalue weighted by Crippen LogP contribution is 2.16. The van der Waals surface area contributed by atoms with E-state index in [0.29, 0.717) is 18.8 Å². The minimum Gasteiger partial charge on any atom is -0.493 e. The molecule has 1 aromatic carbocycles. The highest BCUT2D eigenvalue weighted by atomic mass is 79.9. The van der Waals surface area contributed by atoms with Crippen molar-refractivity contribution in [2.45, 2.75) is 6.42 Å². The smallest absolute Gasteiger partial charge is 0.138 e. The van der Waals surface area contributed by atoms with Gasteiger partial charge >= 0.3 is 0 Å². The van der Waals surface area contributed by atoms with Gasteiger partial charge in [0.2, 0.25) is 0 Å². The van der Waals surface area contributed by atoms with Gasteiger partial charge < -0.3 is 9.47 Å². The highest BCUT2D eigenvalue weighted by molar-refractivity contribution is 9.10. The van der Waals surface area contributed by atoms with Crippen LogP contribution in [-0.4, -0.2) is 18.2 Å². The fraction of sp³-hybridized carbons (Fsp3) is 0.200. The fourth-order valence-electron chi connectivity index (χ4n) is 1.54. The Morgan fingerprint density at radius 1 is 1.05 bits per heavy atom. The second-order valence-corrected chi connectivity index (χ2v) is 4.94. The molecular weight excluding hydrogens is 320 g/mol. The average molecular weight is 333 g/mol. The highest BCUT2D eigenvalue weighted by Gasteiger charge is 1.97. The number of nitriles is 1. The predicted molar refractivity (Wildman–Crippen MR) is 78.7 cm³/mol. The molecule has 0 amide bonds. The van der Waals surface area contributed by atoms with Gasteiger partial charge in [0.05, 0.1) is 31.0 Å². The van der Waals surface area contributed by atoms with Crippen molar-refractivity contribution >= 4 is 15.9 Å². The van der Waals surface area contributed by atoms with Crippen molar-refractivity contribution < 1.29 is 9.47 Å². The zero-order valence-corrected chi connectivity index (χ0v) is 12.3. The Labute approximate surface area is 126 Å². The summed E-state index contributed by atoms with van der Waals surface area (Å²) in [5.74, 6) is 1.49. The first-order chi connectivity index (χ1) is 9.78. The number of aromatic nitrogens is 1. The summed E-state index contributed by atoms with van der Waals surface area (Å²) in [6.07, 6.45) is 4.15. The maximum Gasteiger partial charge on any atom is 0.138 e. The van der Waals surface area contributed by atoms with Gasteiger partial charge in [0, 0.05) is 17.1 Å². The summed E-state index contributed by atoms with van der Waals surface area (Å²) in [5, 5.41) is 8.69. The van der Waals surface area contributed by atoms with Gasteiger partial charge in [-0.3, -0.25) is 4.98 Å². The molecule has 0 saturated heterocycles. The second kappa shape index (κ2) is 7.51. The average Bonchev–Trinajstić information content (AvgIpc) is 2.48. The molecule has 0 aliphatic heterocycles. The number of nitrogens with zero attached hydrogens (tertiary/aromatic N) is 2. The van der Waals surface area contributed by atoms with Crippen LogP contribution in [0.2, 0.25) is 0 Å². The standard InChI is InChI=1S/C15H13BrN2O2/c16-13-8-15(11-18-10-13)20-7-1-6-19-14-4-2-12(9-17)3-5-14/h2-5,8,10-11H,1,6-7H2. The maximum absolute atomic E-state index is 8.69. The van der Waals surface area contributed by atoms with Crippen molar-refractivity contribution in [3.63, 3.8) is 0 Å². The van der Waals surface area contributed by atoms with Crippen LogP contribution in [0.1, 0.15) is 12.0 Å². The normalized spacial score (nSPS) is 9.80. The quantitative estimate of drug-likeness (QED) is 0.759. The Morgan fingerprint density at radius 3 is 2.40 bits per heavy atom. The minimum absolute atomic E-state index is 0.563. The number of benzene rings is 1. The van der Waals surface area contributed by atoms with Gasteiger partial charge in [0.25, 0.3) is 0 Å². The van der Waals surface area contributed by atoms with Crippen LogP contribution < -0.4 is 9.47 Å². The number of rotatable bonds is 6. The summed E-state index contributed by atoms with van der Waals surface area (Å²) < 4.78 is 12.0. The van der Waals surface area contributed by atoms with Crippen molar-refractivity contribution in [1.82, 2.24) is 4.98 Å². The van der Waals surface area contributed by atoms with Crippen LogP contribution in [0.5, 0.6) is 11.5 Å². The predicted octanol–water partition coefficient (Wildman–Crippen LogP) is 3.56. The minimum atomic E-state index is 0.563. The van der Waals surface area contributed by atoms with E-state index in [0.717, 1.165) is 22.4 Å². The van der Waals surface area contributed by atoms with E-state index in [9.17, 15) is 0 Å². The number of hydrogen-bond donors (Lipinski definition) is 0. The molecule has 20 heavy (non-hydrogen) atoms. The van der Waals surface area contributed by atoms with Crippen LogP contribution in [0.25, 0.3) is 0 Å². The lowest BCUT2D eigenvalue weighted by atomic mass is 10.2. The lowest BCUT2D eigenvalue weighted by molar-refractivity contribution is 0.247. The van der Waals surface area contributed by atoms with E-state index in [-0.39, 0.29) is 0 Å². The molecule has 0 aliphatic rings. The van der Waals surface area contributed by atoms with Gasteiger partial charge in [-0.05, 0) is 46.3 Å². The van der Waals surface area contributed by atoms with E-state index in [1.165, 1.54) is 0 Å². The van der Waals surface area contributed by atoms with Crippen molar-refractivity contribution in [3.05, 3.63) is 52.8 Å². The van der Waals surface area contributed by atoms with Crippen molar-refractivity contribution in [3.8, 4) is 17.6 Å². The number of pyridine rings is 1. The number of halogens is 1. The van der Waals surface area contributed by atoms with Gasteiger partial charge in [0.1, 0.15) is 11.5 Å². The fourth-order valence-corrected chi connectivity index (χ4v) is 1.88. The molecule has 0 N–H and O–H groups in total. The van der Waals surface area contributed by atoms with Gasteiger partial charge in [-0.1, -0.05) is 0 Å². The molecule has 0 fully saturated rings. The summed E-state index contributed by atoms with van der Waals surface area (Å²) in [6.45, 7) is 1.13. The SMILES string of the molecule is N#Cc1ccc(OCCCOc2cncc(Br)c2)cc1. The third-order valence-corrected chi connectivity index (χ3v) is 2.92. The summed E-state index contributed by atoms with van der Waals surface area (Å²) in [5.41, 5.74) is 0.628. The largest absolute Gasteiger partial charge is 0.493 e.